The summed E-state index contributed by atoms with van der Waals surface area (Å²) in [6.45, 7) is 3.43. The van der Waals surface area contributed by atoms with Gasteiger partial charge in [0.1, 0.15) is 0 Å². The molecule has 0 bridgehead atoms. The molecule has 1 atom stereocenters. The Bertz CT molecular complexity index is 760. The number of aryl methyl sites for hydroxylation is 1. The first-order chi connectivity index (χ1) is 11.8. The van der Waals surface area contributed by atoms with Gasteiger partial charge in [-0.15, -0.1) is 0 Å². The molecule has 25 heavy (non-hydrogen) atoms. The number of hydrogen-bond donors (Lipinski definition) is 1. The lowest BCUT2D eigenvalue weighted by atomic mass is 10.1. The average Bonchev–Trinajstić information content (AvgIpc) is 2.55. The fraction of sp³-hybridized carbons (Fsp3) is 0.263. The van der Waals surface area contributed by atoms with E-state index < -0.39 is 11.9 Å². The first-order valence-corrected chi connectivity index (χ1v) is 8.56. The molecule has 2 rings (SSSR count). The molecule has 0 saturated heterocycles. The van der Waals surface area contributed by atoms with Gasteiger partial charge in [-0.2, -0.15) is 0 Å². The average molecular weight is 380 g/mol. The highest BCUT2D eigenvalue weighted by atomic mass is 35.5. The number of amides is 1. The highest BCUT2D eigenvalue weighted by Crippen LogP contribution is 2.25. The molecule has 0 heterocycles. The summed E-state index contributed by atoms with van der Waals surface area (Å²) >= 11 is 12.0. The van der Waals surface area contributed by atoms with Crippen LogP contribution in [0.1, 0.15) is 29.7 Å². The molecule has 0 radical (unpaired) electrons. The number of esters is 1. The summed E-state index contributed by atoms with van der Waals surface area (Å²) < 4.78 is 5.02. The second-order valence-electron chi connectivity index (χ2n) is 5.78. The normalized spacial score (nSPS) is 11.7. The molecule has 4 nitrogen and oxygen atoms in total. The summed E-state index contributed by atoms with van der Waals surface area (Å²) in [7, 11) is 0. The third kappa shape index (κ3) is 6.07. The third-order valence-corrected chi connectivity index (χ3v) is 4.20. The highest BCUT2D eigenvalue weighted by Gasteiger charge is 2.14. The summed E-state index contributed by atoms with van der Waals surface area (Å²) in [6.07, 6.45) is 0.131. The van der Waals surface area contributed by atoms with Crippen LogP contribution in [0.15, 0.2) is 42.5 Å². The maximum Gasteiger partial charge on any atom is 0.310 e. The van der Waals surface area contributed by atoms with Crippen molar-refractivity contribution in [3.63, 3.8) is 0 Å². The number of hydrogen-bond acceptors (Lipinski definition) is 3. The molecule has 2 aromatic carbocycles. The Hall–Kier alpha value is -2.04. The molecule has 0 fully saturated rings. The van der Waals surface area contributed by atoms with E-state index in [1.54, 1.807) is 25.1 Å². The molecular formula is C19H19Cl2NO3. The maximum atomic E-state index is 11.9. The molecule has 0 aliphatic rings. The fourth-order valence-corrected chi connectivity index (χ4v) is 2.86. The zero-order chi connectivity index (χ0) is 18.4. The molecule has 0 aliphatic carbocycles. The number of rotatable bonds is 6. The molecule has 6 heteroatoms. The van der Waals surface area contributed by atoms with E-state index in [1.807, 2.05) is 31.2 Å². The van der Waals surface area contributed by atoms with Gasteiger partial charge >= 0.3 is 5.97 Å². The number of carbonyl (C=O) groups excluding carboxylic acids is 2. The van der Waals surface area contributed by atoms with Crippen LogP contribution in [0.5, 0.6) is 0 Å². The van der Waals surface area contributed by atoms with Crippen LogP contribution in [-0.2, 0) is 20.7 Å². The minimum atomic E-state index is -0.448. The van der Waals surface area contributed by atoms with Gasteiger partial charge in [-0.1, -0.05) is 59.1 Å². The van der Waals surface area contributed by atoms with E-state index in [0.717, 1.165) is 16.7 Å². The molecule has 132 valence electrons. The maximum absolute atomic E-state index is 11.9. The summed E-state index contributed by atoms with van der Waals surface area (Å²) in [4.78, 5) is 23.8. The molecule has 1 N–H and O–H groups in total. The van der Waals surface area contributed by atoms with E-state index in [-0.39, 0.29) is 19.1 Å². The van der Waals surface area contributed by atoms with Crippen LogP contribution in [0.3, 0.4) is 0 Å². The van der Waals surface area contributed by atoms with E-state index in [1.165, 1.54) is 0 Å². The van der Waals surface area contributed by atoms with Gasteiger partial charge in [0.15, 0.2) is 6.61 Å². The van der Waals surface area contributed by atoms with Gasteiger partial charge in [-0.3, -0.25) is 9.59 Å². The monoisotopic (exact) mass is 379 g/mol. The summed E-state index contributed by atoms with van der Waals surface area (Å²) in [6, 6.07) is 12.3. The summed E-state index contributed by atoms with van der Waals surface area (Å²) in [5.41, 5.74) is 2.70. The van der Waals surface area contributed by atoms with Gasteiger partial charge in [-0.25, -0.2) is 0 Å². The number of carbonyl (C=O) groups is 2. The zero-order valence-electron chi connectivity index (χ0n) is 14.0. The number of nitrogens with one attached hydrogen (secondary N) is 1. The molecule has 0 aromatic heterocycles. The Labute approximate surface area is 157 Å². The van der Waals surface area contributed by atoms with Crippen molar-refractivity contribution in [3.8, 4) is 0 Å². The lowest BCUT2D eigenvalue weighted by Crippen LogP contribution is -2.31. The van der Waals surface area contributed by atoms with Gasteiger partial charge in [0, 0.05) is 10.0 Å². The Balaban J connectivity index is 1.81. The highest BCUT2D eigenvalue weighted by molar-refractivity contribution is 6.35. The van der Waals surface area contributed by atoms with Crippen LogP contribution in [0.4, 0.5) is 0 Å². The van der Waals surface area contributed by atoms with Gasteiger partial charge in [0.2, 0.25) is 0 Å². The summed E-state index contributed by atoms with van der Waals surface area (Å²) in [5, 5.41) is 3.73. The van der Waals surface area contributed by atoms with Gasteiger partial charge < -0.3 is 10.1 Å². The largest absolute Gasteiger partial charge is 0.455 e. The van der Waals surface area contributed by atoms with Crippen molar-refractivity contribution in [1.82, 2.24) is 5.32 Å². The first kappa shape index (κ1) is 19.3. The molecular weight excluding hydrogens is 361 g/mol. The fourth-order valence-electron chi connectivity index (χ4n) is 2.28. The zero-order valence-corrected chi connectivity index (χ0v) is 15.5. The Kier molecular flexibility index (Phi) is 6.85. The Morgan fingerprint density at radius 2 is 1.80 bits per heavy atom. The number of halogens is 2. The van der Waals surface area contributed by atoms with Crippen molar-refractivity contribution in [1.29, 1.82) is 0 Å². The molecule has 0 unspecified atom stereocenters. The predicted octanol–water partition coefficient (Wildman–Crippen LogP) is 4.26. The molecule has 0 aliphatic heterocycles. The lowest BCUT2D eigenvalue weighted by molar-refractivity contribution is -0.148. The van der Waals surface area contributed by atoms with Crippen LogP contribution in [0.2, 0.25) is 10.0 Å². The van der Waals surface area contributed by atoms with Gasteiger partial charge in [-0.05, 0) is 37.1 Å². The van der Waals surface area contributed by atoms with E-state index >= 15 is 0 Å². The molecule has 2 aromatic rings. The first-order valence-electron chi connectivity index (χ1n) is 7.80. The van der Waals surface area contributed by atoms with Crippen LogP contribution in [0, 0.1) is 6.92 Å². The van der Waals surface area contributed by atoms with Gasteiger partial charge in [0.25, 0.3) is 5.91 Å². The number of benzene rings is 2. The van der Waals surface area contributed by atoms with E-state index in [0.29, 0.717) is 10.0 Å². The van der Waals surface area contributed by atoms with Crippen molar-refractivity contribution in [3.05, 3.63) is 69.2 Å². The van der Waals surface area contributed by atoms with Crippen LogP contribution >= 0.6 is 23.2 Å². The van der Waals surface area contributed by atoms with Gasteiger partial charge in [0.05, 0.1) is 12.5 Å². The smallest absolute Gasteiger partial charge is 0.310 e. The van der Waals surface area contributed by atoms with Crippen molar-refractivity contribution < 1.29 is 14.3 Å². The second kappa shape index (κ2) is 8.88. The Morgan fingerprint density at radius 3 is 2.44 bits per heavy atom. The standard InChI is InChI=1S/C19H19Cl2NO3/c1-12-3-5-14(6-4-12)9-19(24)25-11-18(23)22-13(2)16-8-7-15(20)10-17(16)21/h3-8,10,13H,9,11H2,1-2H3,(H,22,23)/t13-/m0/s1. The van der Waals surface area contributed by atoms with Crippen molar-refractivity contribution in [2.75, 3.05) is 6.61 Å². The van der Waals surface area contributed by atoms with Crippen LogP contribution < -0.4 is 5.32 Å². The third-order valence-electron chi connectivity index (χ3n) is 3.64. The van der Waals surface area contributed by atoms with E-state index in [2.05, 4.69) is 5.32 Å². The minimum Gasteiger partial charge on any atom is -0.455 e. The van der Waals surface area contributed by atoms with Crippen molar-refractivity contribution >= 4 is 35.1 Å². The second-order valence-corrected chi connectivity index (χ2v) is 6.62. The van der Waals surface area contributed by atoms with Crippen LogP contribution in [0.25, 0.3) is 0 Å². The lowest BCUT2D eigenvalue weighted by Gasteiger charge is -2.16. The minimum absolute atomic E-state index is 0.131. The van der Waals surface area contributed by atoms with E-state index in [9.17, 15) is 9.59 Å². The predicted molar refractivity (Wildman–Crippen MR) is 98.9 cm³/mol. The van der Waals surface area contributed by atoms with Crippen LogP contribution in [-0.4, -0.2) is 18.5 Å². The van der Waals surface area contributed by atoms with E-state index in [4.69, 9.17) is 27.9 Å². The van der Waals surface area contributed by atoms with Crippen molar-refractivity contribution in [2.45, 2.75) is 26.3 Å². The molecule has 0 spiro atoms. The quantitative estimate of drug-likeness (QED) is 0.762. The topological polar surface area (TPSA) is 55.4 Å². The molecule has 1 amide bonds. The SMILES string of the molecule is Cc1ccc(CC(=O)OCC(=O)N[C@@H](C)c2ccc(Cl)cc2Cl)cc1. The Morgan fingerprint density at radius 1 is 1.12 bits per heavy atom. The van der Waals surface area contributed by atoms with Crippen molar-refractivity contribution in [2.24, 2.45) is 0 Å². The summed E-state index contributed by atoms with van der Waals surface area (Å²) in [5.74, 6) is -0.841. The molecule has 0 saturated carbocycles. The number of ether oxygens (including phenoxy) is 1.